The van der Waals surface area contributed by atoms with Crippen molar-refractivity contribution in [2.45, 2.75) is 26.2 Å². The quantitative estimate of drug-likeness (QED) is 0.779. The van der Waals surface area contributed by atoms with Gasteiger partial charge in [0.2, 0.25) is 0 Å². The minimum Gasteiger partial charge on any atom is -0.497 e. The van der Waals surface area contributed by atoms with Crippen LogP contribution in [0.3, 0.4) is 0 Å². The summed E-state index contributed by atoms with van der Waals surface area (Å²) in [6.07, 6.45) is 0.480. The molecule has 0 aliphatic rings. The lowest BCUT2D eigenvalue weighted by Gasteiger charge is -2.14. The van der Waals surface area contributed by atoms with E-state index in [1.807, 2.05) is 13.8 Å². The number of benzene rings is 1. The lowest BCUT2D eigenvalue weighted by Crippen LogP contribution is -2.04. The molecule has 0 unspecified atom stereocenters. The van der Waals surface area contributed by atoms with E-state index in [2.05, 4.69) is 0 Å². The molecule has 1 rings (SSSR count). The summed E-state index contributed by atoms with van der Waals surface area (Å²) in [5.41, 5.74) is 0.573. The Morgan fingerprint density at radius 1 is 1.35 bits per heavy atom. The number of ether oxygens (including phenoxy) is 2. The van der Waals surface area contributed by atoms with Gasteiger partial charge in [-0.1, -0.05) is 13.8 Å². The molecule has 0 bridgehead atoms. The number of methoxy groups -OCH3 is 1. The summed E-state index contributed by atoms with van der Waals surface area (Å²) in [4.78, 5) is 0. The van der Waals surface area contributed by atoms with E-state index >= 15 is 0 Å². The lowest BCUT2D eigenvalue weighted by atomic mass is 10.0. The Bertz CT molecular complexity index is 364. The van der Waals surface area contributed by atoms with Crippen molar-refractivity contribution in [3.05, 3.63) is 23.5 Å². The molecule has 0 spiro atoms. The highest BCUT2D eigenvalue weighted by atomic mass is 19.1. The fraction of sp³-hybridized carbons (Fsp3) is 0.538. The summed E-state index contributed by atoms with van der Waals surface area (Å²) in [6.45, 7) is 4.14. The van der Waals surface area contributed by atoms with Crippen LogP contribution in [-0.2, 0) is 0 Å². The summed E-state index contributed by atoms with van der Waals surface area (Å²) in [5.74, 6) is 0.472. The second-order valence-electron chi connectivity index (χ2n) is 4.11. The van der Waals surface area contributed by atoms with E-state index < -0.39 is 0 Å². The molecule has 17 heavy (non-hydrogen) atoms. The largest absolute Gasteiger partial charge is 0.497 e. The van der Waals surface area contributed by atoms with Crippen LogP contribution < -0.4 is 9.47 Å². The lowest BCUT2D eigenvalue weighted by molar-refractivity contribution is 0.227. The van der Waals surface area contributed by atoms with Gasteiger partial charge in [0.15, 0.2) is 11.6 Å². The molecule has 0 amide bonds. The fourth-order valence-electron chi connectivity index (χ4n) is 1.48. The molecule has 1 aromatic carbocycles. The maximum Gasteiger partial charge on any atom is 0.168 e. The van der Waals surface area contributed by atoms with Crippen LogP contribution in [-0.4, -0.2) is 25.4 Å². The van der Waals surface area contributed by atoms with E-state index in [-0.39, 0.29) is 30.7 Å². The number of rotatable bonds is 6. The summed E-state index contributed by atoms with van der Waals surface area (Å²) in [7, 11) is 1.54. The van der Waals surface area contributed by atoms with Gasteiger partial charge in [-0.2, -0.15) is 0 Å². The molecule has 0 radical (unpaired) electrons. The molecular formula is C13H19FO3. The van der Waals surface area contributed by atoms with Gasteiger partial charge in [-0.15, -0.1) is 0 Å². The van der Waals surface area contributed by atoms with Crippen molar-refractivity contribution in [3.63, 3.8) is 0 Å². The van der Waals surface area contributed by atoms with E-state index in [0.29, 0.717) is 17.7 Å². The van der Waals surface area contributed by atoms with Gasteiger partial charge in [0, 0.05) is 19.1 Å². The van der Waals surface area contributed by atoms with Crippen LogP contribution in [0.25, 0.3) is 0 Å². The van der Waals surface area contributed by atoms with Crippen LogP contribution >= 0.6 is 0 Å². The number of hydrogen-bond donors (Lipinski definition) is 1. The second-order valence-corrected chi connectivity index (χ2v) is 4.11. The molecule has 0 saturated carbocycles. The summed E-state index contributed by atoms with van der Waals surface area (Å²) in [6, 6.07) is 3.21. The molecule has 0 fully saturated rings. The van der Waals surface area contributed by atoms with E-state index in [4.69, 9.17) is 14.6 Å². The average Bonchev–Trinajstić information content (AvgIpc) is 2.31. The summed E-state index contributed by atoms with van der Waals surface area (Å²) < 4.78 is 24.4. The molecule has 0 aliphatic carbocycles. The van der Waals surface area contributed by atoms with Crippen molar-refractivity contribution in [2.24, 2.45) is 0 Å². The van der Waals surface area contributed by atoms with Gasteiger partial charge < -0.3 is 14.6 Å². The zero-order chi connectivity index (χ0) is 12.8. The zero-order valence-electron chi connectivity index (χ0n) is 10.5. The third kappa shape index (κ3) is 3.60. The number of aliphatic hydroxyl groups is 1. The van der Waals surface area contributed by atoms with Crippen molar-refractivity contribution in [3.8, 4) is 11.5 Å². The molecule has 4 heteroatoms. The average molecular weight is 242 g/mol. The van der Waals surface area contributed by atoms with Gasteiger partial charge in [0.1, 0.15) is 5.75 Å². The summed E-state index contributed by atoms with van der Waals surface area (Å²) in [5, 5.41) is 8.66. The Balaban J connectivity index is 2.97. The maximum atomic E-state index is 14.0. The molecule has 0 heterocycles. The van der Waals surface area contributed by atoms with Gasteiger partial charge in [0.05, 0.1) is 13.7 Å². The standard InChI is InChI=1S/C13H19FO3/c1-9(2)11-7-10(16-3)8-12(13(11)14)17-6-4-5-15/h7-9,15H,4-6H2,1-3H3. The van der Waals surface area contributed by atoms with Crippen LogP contribution in [0.5, 0.6) is 11.5 Å². The maximum absolute atomic E-state index is 14.0. The minimum atomic E-state index is -0.348. The van der Waals surface area contributed by atoms with Crippen molar-refractivity contribution in [1.29, 1.82) is 0 Å². The first kappa shape index (κ1) is 13.8. The van der Waals surface area contributed by atoms with Crippen molar-refractivity contribution in [2.75, 3.05) is 20.3 Å². The number of aliphatic hydroxyl groups excluding tert-OH is 1. The Hall–Kier alpha value is -1.29. The van der Waals surface area contributed by atoms with E-state index in [0.717, 1.165) is 0 Å². The Kier molecular flexibility index (Phi) is 5.22. The van der Waals surface area contributed by atoms with Gasteiger partial charge >= 0.3 is 0 Å². The van der Waals surface area contributed by atoms with Crippen LogP contribution in [0.1, 0.15) is 31.7 Å². The first-order valence-corrected chi connectivity index (χ1v) is 5.71. The second kappa shape index (κ2) is 6.45. The highest BCUT2D eigenvalue weighted by Gasteiger charge is 2.15. The highest BCUT2D eigenvalue weighted by molar-refractivity contribution is 5.41. The molecule has 0 atom stereocenters. The van der Waals surface area contributed by atoms with E-state index in [9.17, 15) is 4.39 Å². The van der Waals surface area contributed by atoms with Crippen molar-refractivity contribution >= 4 is 0 Å². The third-order valence-corrected chi connectivity index (χ3v) is 2.46. The molecule has 1 aromatic rings. The number of halogens is 1. The molecule has 0 saturated heterocycles. The fourth-order valence-corrected chi connectivity index (χ4v) is 1.48. The first-order chi connectivity index (χ1) is 8.10. The van der Waals surface area contributed by atoms with Crippen molar-refractivity contribution < 1.29 is 19.0 Å². The molecule has 0 aromatic heterocycles. The SMILES string of the molecule is COc1cc(OCCCO)c(F)c(C(C)C)c1. The van der Waals surface area contributed by atoms with Crippen LogP contribution in [0.2, 0.25) is 0 Å². The Morgan fingerprint density at radius 3 is 2.59 bits per heavy atom. The van der Waals surface area contributed by atoms with Gasteiger partial charge in [-0.25, -0.2) is 4.39 Å². The molecule has 3 nitrogen and oxygen atoms in total. The highest BCUT2D eigenvalue weighted by Crippen LogP contribution is 2.31. The van der Waals surface area contributed by atoms with Crippen molar-refractivity contribution in [1.82, 2.24) is 0 Å². The van der Waals surface area contributed by atoms with Crippen LogP contribution in [0, 0.1) is 5.82 Å². The molecule has 96 valence electrons. The monoisotopic (exact) mass is 242 g/mol. The van der Waals surface area contributed by atoms with E-state index in [1.54, 1.807) is 6.07 Å². The van der Waals surface area contributed by atoms with Crippen LogP contribution in [0.15, 0.2) is 12.1 Å². The van der Waals surface area contributed by atoms with E-state index in [1.165, 1.54) is 13.2 Å². The molecular weight excluding hydrogens is 223 g/mol. The Morgan fingerprint density at radius 2 is 2.06 bits per heavy atom. The summed E-state index contributed by atoms with van der Waals surface area (Å²) >= 11 is 0. The predicted molar refractivity (Wildman–Crippen MR) is 64.2 cm³/mol. The smallest absolute Gasteiger partial charge is 0.168 e. The first-order valence-electron chi connectivity index (χ1n) is 5.71. The molecule has 0 aliphatic heterocycles. The topological polar surface area (TPSA) is 38.7 Å². The predicted octanol–water partition coefficient (Wildman–Crippen LogP) is 2.72. The molecule has 1 N–H and O–H groups in total. The number of hydrogen-bond acceptors (Lipinski definition) is 3. The normalized spacial score (nSPS) is 10.7. The van der Waals surface area contributed by atoms with Gasteiger partial charge in [-0.05, 0) is 17.5 Å². The van der Waals surface area contributed by atoms with Gasteiger partial charge in [0.25, 0.3) is 0 Å². The van der Waals surface area contributed by atoms with Gasteiger partial charge in [-0.3, -0.25) is 0 Å². The minimum absolute atomic E-state index is 0.0304. The Labute approximate surface area is 101 Å². The third-order valence-electron chi connectivity index (χ3n) is 2.46. The zero-order valence-corrected chi connectivity index (χ0v) is 10.5. The van der Waals surface area contributed by atoms with Crippen LogP contribution in [0.4, 0.5) is 4.39 Å².